The predicted molar refractivity (Wildman–Crippen MR) is 122 cm³/mol. The number of aliphatic hydroxyl groups is 1. The van der Waals surface area contributed by atoms with E-state index in [1.54, 1.807) is 15.9 Å². The minimum absolute atomic E-state index is 0.00118. The molecule has 5 rings (SSSR count). The maximum absolute atomic E-state index is 13.4. The van der Waals surface area contributed by atoms with Crippen molar-refractivity contribution in [2.24, 2.45) is 5.92 Å². The minimum Gasteiger partial charge on any atom is -0.394 e. The molecule has 2 saturated heterocycles. The lowest BCUT2D eigenvalue weighted by molar-refractivity contribution is -0.147. The van der Waals surface area contributed by atoms with Crippen LogP contribution < -0.4 is 0 Å². The molecular weight excluding hydrogens is 418 g/mol. The maximum Gasteiger partial charge on any atom is 0.253 e. The van der Waals surface area contributed by atoms with Gasteiger partial charge in [-0.2, -0.15) is 5.10 Å². The normalized spacial score (nSPS) is 22.6. The Morgan fingerprint density at radius 1 is 1.03 bits per heavy atom. The van der Waals surface area contributed by atoms with Crippen molar-refractivity contribution in [2.45, 2.75) is 24.8 Å². The van der Waals surface area contributed by atoms with Crippen LogP contribution in [0.4, 0.5) is 0 Å². The van der Waals surface area contributed by atoms with Gasteiger partial charge in [-0.3, -0.25) is 9.59 Å². The third-order valence-electron chi connectivity index (χ3n) is 6.86. The average Bonchev–Trinajstić information content (AvgIpc) is 3.39. The summed E-state index contributed by atoms with van der Waals surface area (Å²) in [6, 6.07) is 17.2. The van der Waals surface area contributed by atoms with Crippen molar-refractivity contribution >= 4 is 11.8 Å². The smallest absolute Gasteiger partial charge is 0.253 e. The van der Waals surface area contributed by atoms with Gasteiger partial charge in [-0.05, 0) is 36.6 Å². The Balaban J connectivity index is 1.38. The third-order valence-corrected chi connectivity index (χ3v) is 6.86. The first-order valence-electron chi connectivity index (χ1n) is 11.4. The van der Waals surface area contributed by atoms with Gasteiger partial charge in [0.25, 0.3) is 5.91 Å². The molecule has 2 aliphatic rings. The summed E-state index contributed by atoms with van der Waals surface area (Å²) in [5.41, 5.74) is 2.42. The zero-order valence-electron chi connectivity index (χ0n) is 18.3. The molecule has 0 radical (unpaired) electrons. The van der Waals surface area contributed by atoms with Crippen molar-refractivity contribution in [1.29, 1.82) is 0 Å². The number of nitrogens with zero attached hydrogens (tertiary/aromatic N) is 5. The Kier molecular flexibility index (Phi) is 5.92. The quantitative estimate of drug-likeness (QED) is 0.650. The van der Waals surface area contributed by atoms with Gasteiger partial charge in [0.15, 0.2) is 0 Å². The van der Waals surface area contributed by atoms with Crippen LogP contribution in [0.2, 0.25) is 0 Å². The summed E-state index contributed by atoms with van der Waals surface area (Å²) in [6.07, 6.45) is 4.50. The number of aromatic nitrogens is 3. The number of piperidine rings is 1. The largest absolute Gasteiger partial charge is 0.394 e. The number of rotatable bonds is 5. The van der Waals surface area contributed by atoms with Gasteiger partial charge in [0.05, 0.1) is 18.3 Å². The molecule has 8 nitrogen and oxygen atoms in total. The second kappa shape index (κ2) is 9.15. The van der Waals surface area contributed by atoms with Gasteiger partial charge in [0.2, 0.25) is 5.91 Å². The molecule has 1 unspecified atom stereocenters. The molecule has 0 saturated carbocycles. The predicted octanol–water partition coefficient (Wildman–Crippen LogP) is 2.11. The lowest BCUT2D eigenvalue weighted by Crippen LogP contribution is -2.57. The Bertz CT molecular complexity index is 1120. The van der Waals surface area contributed by atoms with E-state index in [4.69, 9.17) is 0 Å². The number of hydrogen-bond donors (Lipinski definition) is 1. The maximum atomic E-state index is 13.4. The summed E-state index contributed by atoms with van der Waals surface area (Å²) >= 11 is 0. The first kappa shape index (κ1) is 21.3. The molecule has 3 heterocycles. The first-order chi connectivity index (χ1) is 16.2. The van der Waals surface area contributed by atoms with E-state index in [1.165, 1.54) is 6.33 Å². The number of carbonyl (C=O) groups excluding carboxylic acids is 2. The topological polar surface area (TPSA) is 91.6 Å². The number of carbonyl (C=O) groups is 2. The molecule has 1 N–H and O–H groups in total. The van der Waals surface area contributed by atoms with Crippen LogP contribution in [0.25, 0.3) is 5.69 Å². The van der Waals surface area contributed by atoms with Crippen LogP contribution in [0.1, 0.15) is 34.7 Å². The highest BCUT2D eigenvalue weighted by Crippen LogP contribution is 2.36. The molecule has 170 valence electrons. The van der Waals surface area contributed by atoms with Gasteiger partial charge < -0.3 is 14.9 Å². The van der Waals surface area contributed by atoms with Crippen LogP contribution in [0.3, 0.4) is 0 Å². The highest BCUT2D eigenvalue weighted by atomic mass is 16.3. The average molecular weight is 446 g/mol. The molecule has 2 fully saturated rings. The molecule has 2 aromatic carbocycles. The summed E-state index contributed by atoms with van der Waals surface area (Å²) < 4.78 is 1.62. The van der Waals surface area contributed by atoms with E-state index < -0.39 is 0 Å². The molecule has 3 atom stereocenters. The van der Waals surface area contributed by atoms with Crippen LogP contribution in [0.15, 0.2) is 67.3 Å². The highest BCUT2D eigenvalue weighted by Gasteiger charge is 2.42. The summed E-state index contributed by atoms with van der Waals surface area (Å²) in [4.78, 5) is 34.4. The summed E-state index contributed by atoms with van der Waals surface area (Å²) in [6.45, 7) is 1.69. The molecule has 2 aliphatic heterocycles. The van der Waals surface area contributed by atoms with E-state index >= 15 is 0 Å². The highest BCUT2D eigenvalue weighted by molar-refractivity contribution is 5.95. The lowest BCUT2D eigenvalue weighted by Gasteiger charge is -2.45. The Hall–Kier alpha value is -3.52. The van der Waals surface area contributed by atoms with Crippen molar-refractivity contribution in [1.82, 2.24) is 24.6 Å². The molecule has 33 heavy (non-hydrogen) atoms. The summed E-state index contributed by atoms with van der Waals surface area (Å²) in [5.74, 6) is -0.252. The zero-order chi connectivity index (χ0) is 22.8. The van der Waals surface area contributed by atoms with E-state index in [-0.39, 0.29) is 36.3 Å². The summed E-state index contributed by atoms with van der Waals surface area (Å²) in [7, 11) is 0. The second-order valence-electron chi connectivity index (χ2n) is 8.71. The molecule has 0 spiro atoms. The monoisotopic (exact) mass is 445 g/mol. The number of aliphatic hydroxyl groups excluding tert-OH is 1. The van der Waals surface area contributed by atoms with Crippen molar-refractivity contribution in [3.05, 3.63) is 78.4 Å². The molecule has 8 heteroatoms. The van der Waals surface area contributed by atoms with E-state index in [9.17, 15) is 14.7 Å². The van der Waals surface area contributed by atoms with Crippen LogP contribution in [-0.2, 0) is 4.79 Å². The SMILES string of the molecule is O=C(c1cccc(-n2cncn2)c1)N1CC[C@H](C(=O)N2CCC2CO)[C@H](c2ccccc2)C1. The Morgan fingerprint density at radius 2 is 1.88 bits per heavy atom. The van der Waals surface area contributed by atoms with Crippen LogP contribution in [0, 0.1) is 5.92 Å². The molecule has 0 bridgehead atoms. The molecule has 3 aromatic rings. The standard InChI is InChI=1S/C25H27N5O3/c31-15-21-9-12-29(21)25(33)22-10-11-28(14-23(22)18-5-2-1-3-6-18)24(32)19-7-4-8-20(13-19)30-17-26-16-27-30/h1-8,13,16-17,21-23,31H,9-12,14-15H2/t21?,22-,23-/m0/s1. The fraction of sp³-hybridized carbons (Fsp3) is 0.360. The number of benzene rings is 2. The molecule has 1 aromatic heterocycles. The van der Waals surface area contributed by atoms with Gasteiger partial charge in [-0.15, -0.1) is 0 Å². The zero-order valence-corrected chi connectivity index (χ0v) is 18.3. The van der Waals surface area contributed by atoms with Crippen molar-refractivity contribution in [2.75, 3.05) is 26.2 Å². The van der Waals surface area contributed by atoms with Gasteiger partial charge in [0.1, 0.15) is 12.7 Å². The van der Waals surface area contributed by atoms with Crippen molar-refractivity contribution in [3.63, 3.8) is 0 Å². The number of likely N-dealkylation sites (tertiary alicyclic amines) is 2. The van der Waals surface area contributed by atoms with Crippen molar-refractivity contribution in [3.8, 4) is 5.69 Å². The van der Waals surface area contributed by atoms with E-state index in [2.05, 4.69) is 10.1 Å². The Morgan fingerprint density at radius 3 is 2.58 bits per heavy atom. The molecule has 0 aliphatic carbocycles. The fourth-order valence-corrected chi connectivity index (χ4v) is 4.91. The summed E-state index contributed by atoms with van der Waals surface area (Å²) in [5, 5.41) is 13.7. The number of amides is 2. The van der Waals surface area contributed by atoms with Gasteiger partial charge in [0, 0.05) is 37.0 Å². The fourth-order valence-electron chi connectivity index (χ4n) is 4.91. The van der Waals surface area contributed by atoms with E-state index in [0.29, 0.717) is 31.6 Å². The molecule has 2 amide bonds. The lowest BCUT2D eigenvalue weighted by atomic mass is 9.78. The van der Waals surface area contributed by atoms with Gasteiger partial charge >= 0.3 is 0 Å². The Labute approximate surface area is 192 Å². The van der Waals surface area contributed by atoms with Gasteiger partial charge in [-0.1, -0.05) is 36.4 Å². The minimum atomic E-state index is -0.202. The van der Waals surface area contributed by atoms with E-state index in [0.717, 1.165) is 17.7 Å². The first-order valence-corrected chi connectivity index (χ1v) is 11.4. The molecular formula is C25H27N5O3. The van der Waals surface area contributed by atoms with Crippen molar-refractivity contribution < 1.29 is 14.7 Å². The van der Waals surface area contributed by atoms with E-state index in [1.807, 2.05) is 59.5 Å². The van der Waals surface area contributed by atoms with Crippen LogP contribution in [0.5, 0.6) is 0 Å². The van der Waals surface area contributed by atoms with Crippen LogP contribution in [-0.4, -0.2) is 73.8 Å². The third kappa shape index (κ3) is 4.14. The second-order valence-corrected chi connectivity index (χ2v) is 8.71. The number of hydrogen-bond acceptors (Lipinski definition) is 5. The van der Waals surface area contributed by atoms with Gasteiger partial charge in [-0.25, -0.2) is 9.67 Å². The van der Waals surface area contributed by atoms with Crippen LogP contribution >= 0.6 is 0 Å².